The van der Waals surface area contributed by atoms with E-state index in [0.29, 0.717) is 23.3 Å². The van der Waals surface area contributed by atoms with Crippen molar-refractivity contribution in [2.75, 3.05) is 0 Å². The second-order valence-electron chi connectivity index (χ2n) is 9.36. The fourth-order valence-corrected chi connectivity index (χ4v) is 4.40. The molecule has 4 aromatic carbocycles. The number of hydrogen-bond donors (Lipinski definition) is 0. The normalized spacial score (nSPS) is 10.5. The van der Waals surface area contributed by atoms with Crippen molar-refractivity contribution >= 4 is 0 Å². The first kappa shape index (κ1) is 26.4. The average Bonchev–Trinajstić information content (AvgIpc) is 2.99. The fraction of sp³-hybridized carbons (Fsp3) is 0.125. The van der Waals surface area contributed by atoms with Crippen LogP contribution >= 0.6 is 0 Å². The zero-order valence-corrected chi connectivity index (χ0v) is 22.8. The van der Waals surface area contributed by atoms with Crippen LogP contribution in [0.5, 0.6) is 0 Å². The molecule has 0 aliphatic heterocycles. The van der Waals surface area contributed by atoms with E-state index in [1.165, 1.54) is 0 Å². The van der Waals surface area contributed by atoms with Crippen molar-refractivity contribution < 1.29 is 0 Å². The van der Waals surface area contributed by atoms with Crippen LogP contribution in [0.25, 0.3) is 45.6 Å². The van der Waals surface area contributed by atoms with Gasteiger partial charge in [0.2, 0.25) is 23.3 Å². The molecule has 0 fully saturated rings. The summed E-state index contributed by atoms with van der Waals surface area (Å²) >= 11 is 0. The van der Waals surface area contributed by atoms with E-state index in [1.54, 1.807) is 0 Å². The highest BCUT2D eigenvalue weighted by Gasteiger charge is 2.13. The highest BCUT2D eigenvalue weighted by Crippen LogP contribution is 2.26. The lowest BCUT2D eigenvalue weighted by Gasteiger charge is -2.09. The minimum atomic E-state index is 0.537. The van der Waals surface area contributed by atoms with E-state index in [4.69, 9.17) is 0 Å². The second kappa shape index (κ2) is 12.1. The van der Waals surface area contributed by atoms with E-state index in [9.17, 15) is 0 Å². The van der Waals surface area contributed by atoms with Crippen molar-refractivity contribution in [2.24, 2.45) is 0 Å². The van der Waals surface area contributed by atoms with E-state index in [1.807, 2.05) is 125 Å². The standard InChI is InChI=1S/C18H18N4.C14H10N4/c1-11-7-5-8-12(2)15(11)17-19-21-18(22-20-17)16-13(3)9-6-10-14(16)4;1-3-7-11(8-4-1)13-15-17-14(18-16-13)12-9-5-2-6-10-12/h5-10H,1-4H3;1-10H. The Bertz CT molecular complexity index is 1530. The molecule has 0 unspecified atom stereocenters. The number of aryl methyl sites for hydroxylation is 4. The van der Waals surface area contributed by atoms with Crippen LogP contribution in [0.2, 0.25) is 0 Å². The van der Waals surface area contributed by atoms with Gasteiger partial charge in [-0.3, -0.25) is 0 Å². The molecule has 0 saturated heterocycles. The van der Waals surface area contributed by atoms with Crippen LogP contribution in [0, 0.1) is 27.7 Å². The van der Waals surface area contributed by atoms with Crippen LogP contribution in [0.15, 0.2) is 97.1 Å². The van der Waals surface area contributed by atoms with Crippen molar-refractivity contribution in [3.63, 3.8) is 0 Å². The van der Waals surface area contributed by atoms with Crippen LogP contribution in [0.1, 0.15) is 22.3 Å². The molecule has 0 bridgehead atoms. The molecule has 0 atom stereocenters. The van der Waals surface area contributed by atoms with E-state index in [0.717, 1.165) is 44.5 Å². The van der Waals surface area contributed by atoms with E-state index >= 15 is 0 Å². The summed E-state index contributed by atoms with van der Waals surface area (Å²) in [6, 6.07) is 31.6. The zero-order valence-electron chi connectivity index (χ0n) is 22.8. The Balaban J connectivity index is 0.000000164. The Morgan fingerprint density at radius 3 is 0.875 bits per heavy atom. The summed E-state index contributed by atoms with van der Waals surface area (Å²) in [5.74, 6) is 2.22. The fourth-order valence-electron chi connectivity index (χ4n) is 4.40. The van der Waals surface area contributed by atoms with Gasteiger partial charge in [-0.1, -0.05) is 97.1 Å². The van der Waals surface area contributed by atoms with Crippen LogP contribution in [-0.4, -0.2) is 40.8 Å². The van der Waals surface area contributed by atoms with Gasteiger partial charge in [-0.2, -0.15) is 0 Å². The van der Waals surface area contributed by atoms with Crippen molar-refractivity contribution in [1.82, 2.24) is 40.8 Å². The molecule has 2 heterocycles. The SMILES string of the molecule is Cc1cccc(C)c1-c1nnc(-c2c(C)cccc2C)nn1.c1ccc(-c2nnc(-c3ccccc3)nn2)cc1. The molecule has 0 N–H and O–H groups in total. The van der Waals surface area contributed by atoms with Gasteiger partial charge < -0.3 is 0 Å². The van der Waals surface area contributed by atoms with Gasteiger partial charge in [0.15, 0.2) is 0 Å². The molecule has 0 aliphatic rings. The summed E-state index contributed by atoms with van der Waals surface area (Å²) in [5, 5.41) is 33.6. The largest absolute Gasteiger partial charge is 0.204 e. The molecular formula is C32H28N8. The first-order valence-electron chi connectivity index (χ1n) is 12.9. The number of benzene rings is 4. The summed E-state index contributed by atoms with van der Waals surface area (Å²) < 4.78 is 0. The molecule has 8 heteroatoms. The van der Waals surface area contributed by atoms with Crippen molar-refractivity contribution in [3.05, 3.63) is 119 Å². The highest BCUT2D eigenvalue weighted by atomic mass is 15.3. The Morgan fingerprint density at radius 1 is 0.300 bits per heavy atom. The molecule has 6 rings (SSSR count). The lowest BCUT2D eigenvalue weighted by Crippen LogP contribution is -2.03. The monoisotopic (exact) mass is 524 g/mol. The predicted molar refractivity (Wildman–Crippen MR) is 156 cm³/mol. The van der Waals surface area contributed by atoms with Crippen molar-refractivity contribution in [2.45, 2.75) is 27.7 Å². The maximum atomic E-state index is 4.31. The molecule has 196 valence electrons. The number of hydrogen-bond acceptors (Lipinski definition) is 8. The minimum absolute atomic E-state index is 0.537. The van der Waals surface area contributed by atoms with Crippen LogP contribution in [0.4, 0.5) is 0 Å². The number of nitrogens with zero attached hydrogens (tertiary/aromatic N) is 8. The second-order valence-corrected chi connectivity index (χ2v) is 9.36. The van der Waals surface area contributed by atoms with E-state index < -0.39 is 0 Å². The third kappa shape index (κ3) is 5.91. The van der Waals surface area contributed by atoms with Crippen LogP contribution < -0.4 is 0 Å². The molecule has 0 spiro atoms. The van der Waals surface area contributed by atoms with E-state index in [2.05, 4.69) is 40.8 Å². The predicted octanol–water partition coefficient (Wildman–Crippen LogP) is 6.43. The third-order valence-electron chi connectivity index (χ3n) is 6.43. The Labute approximate surface area is 233 Å². The molecule has 40 heavy (non-hydrogen) atoms. The number of aromatic nitrogens is 8. The van der Waals surface area contributed by atoms with Crippen molar-refractivity contribution in [3.8, 4) is 45.6 Å². The smallest absolute Gasteiger partial charge is 0.126 e. The van der Waals surface area contributed by atoms with Gasteiger partial charge in [0.05, 0.1) is 0 Å². The summed E-state index contributed by atoms with van der Waals surface area (Å²) in [6.45, 7) is 8.19. The lowest BCUT2D eigenvalue weighted by molar-refractivity contribution is 0.871. The quantitative estimate of drug-likeness (QED) is 0.260. The summed E-state index contributed by atoms with van der Waals surface area (Å²) in [6.07, 6.45) is 0. The van der Waals surface area contributed by atoms with Gasteiger partial charge in [-0.25, -0.2) is 0 Å². The first-order valence-corrected chi connectivity index (χ1v) is 12.9. The maximum Gasteiger partial charge on any atom is 0.204 e. The molecule has 2 aromatic heterocycles. The first-order chi connectivity index (χ1) is 19.5. The van der Waals surface area contributed by atoms with Gasteiger partial charge >= 0.3 is 0 Å². The summed E-state index contributed by atoms with van der Waals surface area (Å²) in [7, 11) is 0. The Kier molecular flexibility index (Phi) is 7.97. The zero-order chi connectivity index (χ0) is 27.9. The highest BCUT2D eigenvalue weighted by molar-refractivity contribution is 5.66. The topological polar surface area (TPSA) is 103 Å². The van der Waals surface area contributed by atoms with Crippen LogP contribution in [-0.2, 0) is 0 Å². The Morgan fingerprint density at radius 2 is 0.575 bits per heavy atom. The molecular weight excluding hydrogens is 496 g/mol. The Hall–Kier alpha value is -5.24. The van der Waals surface area contributed by atoms with Gasteiger partial charge in [-0.15, -0.1) is 40.8 Å². The van der Waals surface area contributed by atoms with Gasteiger partial charge in [0.1, 0.15) is 0 Å². The lowest BCUT2D eigenvalue weighted by atomic mass is 10.0. The maximum absolute atomic E-state index is 4.31. The number of rotatable bonds is 4. The van der Waals surface area contributed by atoms with E-state index in [-0.39, 0.29) is 0 Å². The van der Waals surface area contributed by atoms with Gasteiger partial charge in [0.25, 0.3) is 0 Å². The third-order valence-corrected chi connectivity index (χ3v) is 6.43. The molecule has 6 aromatic rings. The summed E-state index contributed by atoms with van der Waals surface area (Å²) in [4.78, 5) is 0. The summed E-state index contributed by atoms with van der Waals surface area (Å²) in [5.41, 5.74) is 8.36. The van der Waals surface area contributed by atoms with Crippen LogP contribution in [0.3, 0.4) is 0 Å². The molecule has 0 amide bonds. The van der Waals surface area contributed by atoms with Gasteiger partial charge in [-0.05, 0) is 49.9 Å². The molecule has 8 nitrogen and oxygen atoms in total. The van der Waals surface area contributed by atoms with Gasteiger partial charge in [0, 0.05) is 22.3 Å². The van der Waals surface area contributed by atoms with Crippen molar-refractivity contribution in [1.29, 1.82) is 0 Å². The molecule has 0 aliphatic carbocycles. The average molecular weight is 525 g/mol. The molecule has 0 radical (unpaired) electrons. The minimum Gasteiger partial charge on any atom is -0.126 e. The molecule has 0 saturated carbocycles.